The van der Waals surface area contributed by atoms with Gasteiger partial charge >= 0.3 is 0 Å². The van der Waals surface area contributed by atoms with Gasteiger partial charge in [0.25, 0.3) is 15.9 Å². The van der Waals surface area contributed by atoms with E-state index in [-0.39, 0.29) is 16.5 Å². The molecule has 4 N–H and O–H groups in total. The summed E-state index contributed by atoms with van der Waals surface area (Å²) in [5.41, 5.74) is 7.15. The van der Waals surface area contributed by atoms with Crippen LogP contribution in [0.5, 0.6) is 0 Å². The van der Waals surface area contributed by atoms with Crippen molar-refractivity contribution in [3.05, 3.63) is 95.3 Å². The van der Waals surface area contributed by atoms with Crippen molar-refractivity contribution >= 4 is 27.5 Å². The quantitative estimate of drug-likeness (QED) is 0.498. The van der Waals surface area contributed by atoms with Crippen LogP contribution in [0.4, 0.5) is 10.1 Å². The Morgan fingerprint density at radius 3 is 2.23 bits per heavy atom. The second-order valence-corrected chi connectivity index (χ2v) is 8.39. The smallest absolute Gasteiger partial charge is 0.261 e. The van der Waals surface area contributed by atoms with E-state index in [0.29, 0.717) is 24.1 Å². The Bertz CT molecular complexity index is 1190. The molecule has 31 heavy (non-hydrogen) atoms. The van der Waals surface area contributed by atoms with Gasteiger partial charge in [0.05, 0.1) is 4.90 Å². The Kier molecular flexibility index (Phi) is 6.66. The molecule has 0 spiro atoms. The average Bonchev–Trinajstić information content (AvgIpc) is 2.74. The highest BCUT2D eigenvalue weighted by Gasteiger charge is 2.14. The highest BCUT2D eigenvalue weighted by Crippen LogP contribution is 2.17. The van der Waals surface area contributed by atoms with Crippen molar-refractivity contribution in [1.82, 2.24) is 5.32 Å². The lowest BCUT2D eigenvalue weighted by Gasteiger charge is -2.09. The average molecular weight is 441 g/mol. The van der Waals surface area contributed by atoms with Gasteiger partial charge in [-0.25, -0.2) is 12.8 Å². The molecule has 3 aromatic carbocycles. The zero-order chi connectivity index (χ0) is 22.4. The molecule has 0 radical (unpaired) electrons. The van der Waals surface area contributed by atoms with Crippen molar-refractivity contribution in [2.24, 2.45) is 5.73 Å². The van der Waals surface area contributed by atoms with Gasteiger partial charge in [0.1, 0.15) is 5.82 Å². The van der Waals surface area contributed by atoms with Gasteiger partial charge in [-0.15, -0.1) is 0 Å². The fourth-order valence-electron chi connectivity index (χ4n) is 2.82. The first-order valence-corrected chi connectivity index (χ1v) is 10.8. The molecule has 0 unspecified atom stereocenters. The lowest BCUT2D eigenvalue weighted by molar-refractivity contribution is 0.0952. The van der Waals surface area contributed by atoms with Crippen LogP contribution in [0.3, 0.4) is 0 Å². The third kappa shape index (κ3) is 5.89. The van der Waals surface area contributed by atoms with Crippen LogP contribution in [0.15, 0.2) is 77.7 Å². The summed E-state index contributed by atoms with van der Waals surface area (Å²) in [4.78, 5) is 23.5. The molecule has 0 saturated heterocycles. The summed E-state index contributed by atoms with van der Waals surface area (Å²) in [5, 5.41) is 2.77. The van der Waals surface area contributed by atoms with Crippen molar-refractivity contribution in [2.75, 3.05) is 11.3 Å². The number of nitrogens with one attached hydrogen (secondary N) is 2. The number of rotatable bonds is 8. The zero-order valence-corrected chi connectivity index (χ0v) is 17.2. The van der Waals surface area contributed by atoms with E-state index >= 15 is 0 Å². The summed E-state index contributed by atoms with van der Waals surface area (Å²) in [5.74, 6) is -1.37. The minimum atomic E-state index is -3.87. The number of carbonyl (C=O) groups is 2. The number of hydrogen-bond acceptors (Lipinski definition) is 4. The van der Waals surface area contributed by atoms with Gasteiger partial charge in [-0.05, 0) is 72.6 Å². The normalized spacial score (nSPS) is 11.0. The van der Waals surface area contributed by atoms with Crippen molar-refractivity contribution in [3.8, 4) is 0 Å². The molecule has 0 bridgehead atoms. The van der Waals surface area contributed by atoms with E-state index in [0.717, 1.165) is 17.7 Å². The molecule has 0 aliphatic carbocycles. The van der Waals surface area contributed by atoms with Crippen LogP contribution in [-0.2, 0) is 16.4 Å². The third-order valence-electron chi connectivity index (χ3n) is 4.43. The minimum absolute atomic E-state index is 0.0730. The van der Waals surface area contributed by atoms with Gasteiger partial charge in [-0.2, -0.15) is 0 Å². The second kappa shape index (κ2) is 9.40. The number of primary amides is 1. The molecule has 2 amide bonds. The molecule has 0 aliphatic heterocycles. The Morgan fingerprint density at radius 1 is 0.903 bits per heavy atom. The number of sulfonamides is 1. The molecule has 0 heterocycles. The second-order valence-electron chi connectivity index (χ2n) is 6.71. The number of benzene rings is 3. The first-order chi connectivity index (χ1) is 14.7. The molecule has 0 atom stereocenters. The molecule has 160 valence electrons. The summed E-state index contributed by atoms with van der Waals surface area (Å²) >= 11 is 0. The van der Waals surface area contributed by atoms with Gasteiger partial charge in [-0.1, -0.05) is 12.1 Å². The molecule has 3 rings (SSSR count). The van der Waals surface area contributed by atoms with Crippen molar-refractivity contribution in [3.63, 3.8) is 0 Å². The highest BCUT2D eigenvalue weighted by atomic mass is 32.2. The van der Waals surface area contributed by atoms with E-state index in [9.17, 15) is 22.4 Å². The highest BCUT2D eigenvalue weighted by molar-refractivity contribution is 7.92. The predicted molar refractivity (Wildman–Crippen MR) is 115 cm³/mol. The Labute approximate surface area is 179 Å². The maximum atomic E-state index is 13.0. The van der Waals surface area contributed by atoms with E-state index in [1.807, 2.05) is 6.07 Å². The number of nitrogens with two attached hydrogens (primary N) is 1. The minimum Gasteiger partial charge on any atom is -0.366 e. The molecule has 0 fully saturated rings. The molecule has 7 nitrogen and oxygen atoms in total. The lowest BCUT2D eigenvalue weighted by Crippen LogP contribution is -2.25. The molecule has 0 aliphatic rings. The van der Waals surface area contributed by atoms with E-state index in [2.05, 4.69) is 10.0 Å². The molecular formula is C22H20FN3O4S. The molecule has 0 aromatic heterocycles. The van der Waals surface area contributed by atoms with Gasteiger partial charge in [-0.3, -0.25) is 14.3 Å². The first-order valence-electron chi connectivity index (χ1n) is 9.30. The van der Waals surface area contributed by atoms with Crippen LogP contribution in [0.25, 0.3) is 0 Å². The summed E-state index contributed by atoms with van der Waals surface area (Å²) in [7, 11) is -3.87. The zero-order valence-electron chi connectivity index (χ0n) is 16.3. The van der Waals surface area contributed by atoms with E-state index in [1.54, 1.807) is 18.2 Å². The van der Waals surface area contributed by atoms with Gasteiger partial charge in [0.2, 0.25) is 5.91 Å². The Morgan fingerprint density at radius 2 is 1.58 bits per heavy atom. The maximum Gasteiger partial charge on any atom is 0.261 e. The number of amides is 2. The topological polar surface area (TPSA) is 118 Å². The van der Waals surface area contributed by atoms with Gasteiger partial charge < -0.3 is 11.1 Å². The number of hydrogen-bond donors (Lipinski definition) is 3. The maximum absolute atomic E-state index is 13.0. The fourth-order valence-corrected chi connectivity index (χ4v) is 3.88. The first kappa shape index (κ1) is 22.0. The SMILES string of the molecule is NC(=O)c1cccc(CCNC(=O)c2ccc(NS(=O)(=O)c3ccc(F)cc3)cc2)c1. The van der Waals surface area contributed by atoms with E-state index < -0.39 is 21.7 Å². The molecule has 9 heteroatoms. The van der Waals surface area contributed by atoms with E-state index in [4.69, 9.17) is 5.73 Å². The van der Waals surface area contributed by atoms with Crippen LogP contribution >= 0.6 is 0 Å². The predicted octanol–water partition coefficient (Wildman–Crippen LogP) is 2.70. The Hall–Kier alpha value is -3.72. The van der Waals surface area contributed by atoms with E-state index in [1.165, 1.54) is 36.4 Å². The lowest BCUT2D eigenvalue weighted by atomic mass is 10.1. The van der Waals surface area contributed by atoms with Crippen LogP contribution in [-0.4, -0.2) is 26.8 Å². The third-order valence-corrected chi connectivity index (χ3v) is 5.83. The van der Waals surface area contributed by atoms with Gasteiger partial charge in [0.15, 0.2) is 0 Å². The van der Waals surface area contributed by atoms with Crippen molar-refractivity contribution < 1.29 is 22.4 Å². The summed E-state index contributed by atoms with van der Waals surface area (Å²) in [6.45, 7) is 0.347. The molecule has 0 saturated carbocycles. The van der Waals surface area contributed by atoms with Crippen LogP contribution < -0.4 is 15.8 Å². The monoisotopic (exact) mass is 441 g/mol. The standard InChI is InChI=1S/C22H20FN3O4S/c23-18-6-10-20(11-7-18)31(29,30)26-19-8-4-16(5-9-19)22(28)25-13-12-15-2-1-3-17(14-15)21(24)27/h1-11,14,26H,12-13H2,(H2,24,27)(H,25,28). The summed E-state index contributed by atoms with van der Waals surface area (Å²) in [6.07, 6.45) is 0.516. The fraction of sp³-hybridized carbons (Fsp3) is 0.0909. The number of halogens is 1. The summed E-state index contributed by atoms with van der Waals surface area (Å²) in [6, 6.07) is 17.2. The van der Waals surface area contributed by atoms with Gasteiger partial charge in [0, 0.05) is 23.4 Å². The number of carbonyl (C=O) groups excluding carboxylic acids is 2. The largest absolute Gasteiger partial charge is 0.366 e. The van der Waals surface area contributed by atoms with Crippen molar-refractivity contribution in [1.29, 1.82) is 0 Å². The molecule has 3 aromatic rings. The molecular weight excluding hydrogens is 421 g/mol. The van der Waals surface area contributed by atoms with Crippen LogP contribution in [0, 0.1) is 5.82 Å². The van der Waals surface area contributed by atoms with Crippen LogP contribution in [0.2, 0.25) is 0 Å². The number of anilines is 1. The van der Waals surface area contributed by atoms with Crippen LogP contribution in [0.1, 0.15) is 26.3 Å². The van der Waals surface area contributed by atoms with Crippen molar-refractivity contribution in [2.45, 2.75) is 11.3 Å². The Balaban J connectivity index is 1.57. The summed E-state index contributed by atoms with van der Waals surface area (Å²) < 4.78 is 40.0.